The molecule has 1 aromatic carbocycles. The molecule has 2 atom stereocenters. The lowest BCUT2D eigenvalue weighted by molar-refractivity contribution is 0.476. The van der Waals surface area contributed by atoms with Gasteiger partial charge in [0.05, 0.1) is 5.69 Å². The molecular formula is C12H17ClN2O2S. The average Bonchev–Trinajstić information content (AvgIpc) is 2.63. The van der Waals surface area contributed by atoms with E-state index in [2.05, 4.69) is 11.6 Å². The van der Waals surface area contributed by atoms with E-state index in [-0.39, 0.29) is 16.6 Å². The highest BCUT2D eigenvalue weighted by molar-refractivity contribution is 7.89. The van der Waals surface area contributed by atoms with Crippen LogP contribution in [0.2, 0.25) is 5.02 Å². The van der Waals surface area contributed by atoms with Gasteiger partial charge in [0.15, 0.2) is 0 Å². The Morgan fingerprint density at radius 2 is 2.11 bits per heavy atom. The van der Waals surface area contributed by atoms with Crippen molar-refractivity contribution in [1.29, 1.82) is 0 Å². The molecule has 0 aromatic heterocycles. The molecule has 0 amide bonds. The van der Waals surface area contributed by atoms with Crippen molar-refractivity contribution in [2.24, 2.45) is 5.92 Å². The van der Waals surface area contributed by atoms with Gasteiger partial charge in [-0.05, 0) is 37.0 Å². The summed E-state index contributed by atoms with van der Waals surface area (Å²) < 4.78 is 27.2. The molecule has 4 nitrogen and oxygen atoms in total. The van der Waals surface area contributed by atoms with Crippen LogP contribution in [0.5, 0.6) is 0 Å². The Morgan fingerprint density at radius 1 is 1.39 bits per heavy atom. The summed E-state index contributed by atoms with van der Waals surface area (Å²) in [5, 5.41) is 0.431. The van der Waals surface area contributed by atoms with Crippen molar-refractivity contribution < 1.29 is 8.42 Å². The number of sulfonamides is 1. The van der Waals surface area contributed by atoms with Crippen LogP contribution >= 0.6 is 11.6 Å². The van der Waals surface area contributed by atoms with Crippen molar-refractivity contribution in [2.75, 3.05) is 5.73 Å². The van der Waals surface area contributed by atoms with Crippen LogP contribution < -0.4 is 10.5 Å². The average molecular weight is 289 g/mol. The van der Waals surface area contributed by atoms with Crippen LogP contribution in [0.4, 0.5) is 5.69 Å². The summed E-state index contributed by atoms with van der Waals surface area (Å²) in [7, 11) is -3.56. The molecule has 2 rings (SSSR count). The second kappa shape index (κ2) is 5.07. The Balaban J connectivity index is 2.25. The van der Waals surface area contributed by atoms with Crippen LogP contribution in [0.25, 0.3) is 0 Å². The van der Waals surface area contributed by atoms with Crippen LogP contribution in [-0.2, 0) is 10.0 Å². The lowest BCUT2D eigenvalue weighted by Crippen LogP contribution is -2.36. The quantitative estimate of drug-likeness (QED) is 0.839. The van der Waals surface area contributed by atoms with E-state index in [4.69, 9.17) is 17.3 Å². The summed E-state index contributed by atoms with van der Waals surface area (Å²) in [6, 6.07) is 4.43. The van der Waals surface area contributed by atoms with Crippen LogP contribution in [0.15, 0.2) is 23.1 Å². The van der Waals surface area contributed by atoms with Crippen molar-refractivity contribution in [1.82, 2.24) is 4.72 Å². The van der Waals surface area contributed by atoms with Crippen LogP contribution in [0.3, 0.4) is 0 Å². The van der Waals surface area contributed by atoms with Gasteiger partial charge in [0.25, 0.3) is 0 Å². The monoisotopic (exact) mass is 288 g/mol. The van der Waals surface area contributed by atoms with E-state index in [0.717, 1.165) is 19.3 Å². The molecule has 1 aromatic rings. The second-order valence-corrected chi connectivity index (χ2v) is 6.94. The van der Waals surface area contributed by atoms with E-state index in [0.29, 0.717) is 10.9 Å². The van der Waals surface area contributed by atoms with E-state index < -0.39 is 10.0 Å². The fraction of sp³-hybridized carbons (Fsp3) is 0.500. The van der Waals surface area contributed by atoms with Gasteiger partial charge in [-0.15, -0.1) is 0 Å². The maximum Gasteiger partial charge on any atom is 0.242 e. The van der Waals surface area contributed by atoms with Gasteiger partial charge in [-0.25, -0.2) is 13.1 Å². The minimum absolute atomic E-state index is 0.00470. The number of rotatable bonds is 3. The molecule has 100 valence electrons. The Bertz CT molecular complexity index is 545. The zero-order valence-corrected chi connectivity index (χ0v) is 11.8. The number of halogens is 1. The third kappa shape index (κ3) is 2.79. The van der Waals surface area contributed by atoms with Crippen LogP contribution in [0.1, 0.15) is 26.2 Å². The first-order valence-electron chi connectivity index (χ1n) is 5.97. The largest absolute Gasteiger partial charge is 0.398 e. The molecule has 0 spiro atoms. The summed E-state index contributed by atoms with van der Waals surface area (Å²) in [4.78, 5) is 0.103. The normalized spacial score (nSPS) is 24.3. The van der Waals surface area contributed by atoms with Crippen LogP contribution in [0, 0.1) is 5.92 Å². The van der Waals surface area contributed by atoms with E-state index in [1.54, 1.807) is 0 Å². The number of hydrogen-bond donors (Lipinski definition) is 2. The van der Waals surface area contributed by atoms with E-state index in [1.807, 2.05) is 0 Å². The van der Waals surface area contributed by atoms with Crippen molar-refractivity contribution in [2.45, 2.75) is 37.1 Å². The molecule has 2 unspecified atom stereocenters. The Kier molecular flexibility index (Phi) is 3.84. The molecule has 0 saturated heterocycles. The molecule has 0 aliphatic heterocycles. The van der Waals surface area contributed by atoms with Gasteiger partial charge in [-0.2, -0.15) is 0 Å². The van der Waals surface area contributed by atoms with Crippen molar-refractivity contribution in [3.05, 3.63) is 23.2 Å². The van der Waals surface area contributed by atoms with Gasteiger partial charge in [-0.3, -0.25) is 0 Å². The first-order valence-corrected chi connectivity index (χ1v) is 7.83. The fourth-order valence-corrected chi connectivity index (χ4v) is 4.02. The van der Waals surface area contributed by atoms with Gasteiger partial charge in [-0.1, -0.05) is 24.9 Å². The molecule has 18 heavy (non-hydrogen) atoms. The third-order valence-electron chi connectivity index (χ3n) is 3.43. The predicted molar refractivity (Wildman–Crippen MR) is 73.0 cm³/mol. The Hall–Kier alpha value is -0.780. The SMILES string of the molecule is CC1CCCC1NS(=O)(=O)c1ccc(Cl)cc1N. The Morgan fingerprint density at radius 3 is 2.67 bits per heavy atom. The van der Waals surface area contributed by atoms with E-state index in [9.17, 15) is 8.42 Å². The highest BCUT2D eigenvalue weighted by Gasteiger charge is 2.29. The first-order chi connectivity index (χ1) is 8.40. The van der Waals surface area contributed by atoms with Crippen molar-refractivity contribution >= 4 is 27.3 Å². The molecule has 3 N–H and O–H groups in total. The lowest BCUT2D eigenvalue weighted by Gasteiger charge is -2.18. The zero-order valence-electron chi connectivity index (χ0n) is 10.2. The van der Waals surface area contributed by atoms with Gasteiger partial charge in [0.1, 0.15) is 4.90 Å². The topological polar surface area (TPSA) is 72.2 Å². The fourth-order valence-electron chi connectivity index (χ4n) is 2.35. The molecule has 1 fully saturated rings. The molecule has 1 saturated carbocycles. The number of hydrogen-bond acceptors (Lipinski definition) is 3. The van der Waals surface area contributed by atoms with E-state index in [1.165, 1.54) is 18.2 Å². The maximum absolute atomic E-state index is 12.2. The van der Waals surface area contributed by atoms with Gasteiger partial charge in [0.2, 0.25) is 10.0 Å². The van der Waals surface area contributed by atoms with Crippen molar-refractivity contribution in [3.8, 4) is 0 Å². The smallest absolute Gasteiger partial charge is 0.242 e. The minimum atomic E-state index is -3.56. The predicted octanol–water partition coefficient (Wildman–Crippen LogP) is 2.39. The maximum atomic E-state index is 12.2. The summed E-state index contributed by atoms with van der Waals surface area (Å²) in [5.41, 5.74) is 5.89. The number of nitrogens with two attached hydrogens (primary N) is 1. The van der Waals surface area contributed by atoms with E-state index >= 15 is 0 Å². The molecule has 0 heterocycles. The van der Waals surface area contributed by atoms with Crippen molar-refractivity contribution in [3.63, 3.8) is 0 Å². The summed E-state index contributed by atoms with van der Waals surface area (Å²) in [6.45, 7) is 2.06. The second-order valence-electron chi connectivity index (χ2n) is 4.82. The van der Waals surface area contributed by atoms with Gasteiger partial charge in [0, 0.05) is 11.1 Å². The lowest BCUT2D eigenvalue weighted by atomic mass is 10.1. The summed E-state index contributed by atoms with van der Waals surface area (Å²) in [5.74, 6) is 0.369. The van der Waals surface area contributed by atoms with Gasteiger partial charge >= 0.3 is 0 Å². The minimum Gasteiger partial charge on any atom is -0.398 e. The Labute approximate surface area is 113 Å². The highest BCUT2D eigenvalue weighted by atomic mass is 35.5. The van der Waals surface area contributed by atoms with Crippen LogP contribution in [-0.4, -0.2) is 14.5 Å². The molecule has 0 radical (unpaired) electrons. The number of anilines is 1. The molecular weight excluding hydrogens is 272 g/mol. The number of benzene rings is 1. The summed E-state index contributed by atoms with van der Waals surface area (Å²) >= 11 is 5.77. The first kappa shape index (κ1) is 13.6. The molecule has 1 aliphatic rings. The highest BCUT2D eigenvalue weighted by Crippen LogP contribution is 2.28. The summed E-state index contributed by atoms with van der Waals surface area (Å²) in [6.07, 6.45) is 3.00. The number of nitrogens with one attached hydrogen (secondary N) is 1. The molecule has 0 bridgehead atoms. The molecule has 6 heteroatoms. The number of nitrogen functional groups attached to an aromatic ring is 1. The molecule has 1 aliphatic carbocycles. The standard InChI is InChI=1S/C12H17ClN2O2S/c1-8-3-2-4-11(8)15-18(16,17)12-6-5-9(13)7-10(12)14/h5-8,11,15H,2-4,14H2,1H3. The third-order valence-corrected chi connectivity index (χ3v) is 5.23. The zero-order chi connectivity index (χ0) is 13.3. The van der Waals surface area contributed by atoms with Gasteiger partial charge < -0.3 is 5.73 Å².